The number of hydrogen-bond acceptors (Lipinski definition) is 4. The van der Waals surface area contributed by atoms with Crippen LogP contribution in [0.5, 0.6) is 11.5 Å². The maximum absolute atomic E-state index is 12.7. The zero-order valence-corrected chi connectivity index (χ0v) is 15.0. The molecule has 0 bridgehead atoms. The zero-order chi connectivity index (χ0) is 17.8. The number of likely N-dealkylation sites (tertiary alicyclic amines) is 1. The van der Waals surface area contributed by atoms with Crippen LogP contribution in [0.2, 0.25) is 0 Å². The second-order valence-electron chi connectivity index (χ2n) is 6.87. The minimum Gasteiger partial charge on any atom is -0.490 e. The zero-order valence-electron chi connectivity index (χ0n) is 15.0. The molecule has 0 radical (unpaired) electrons. The minimum absolute atomic E-state index is 0.143. The van der Waals surface area contributed by atoms with Crippen molar-refractivity contribution in [1.29, 1.82) is 0 Å². The van der Waals surface area contributed by atoms with Crippen molar-refractivity contribution in [3.05, 3.63) is 42.2 Å². The normalized spacial score (nSPS) is 19.4. The van der Waals surface area contributed by atoms with E-state index in [1.54, 1.807) is 6.20 Å². The van der Waals surface area contributed by atoms with Gasteiger partial charge in [0.2, 0.25) is 5.91 Å². The molecule has 2 aromatic rings. The lowest BCUT2D eigenvalue weighted by Crippen LogP contribution is -2.30. The van der Waals surface area contributed by atoms with E-state index >= 15 is 0 Å². The molecule has 1 amide bonds. The van der Waals surface area contributed by atoms with Crippen molar-refractivity contribution in [2.45, 2.75) is 44.7 Å². The molecule has 0 aliphatic carbocycles. The quantitative estimate of drug-likeness (QED) is 0.826. The van der Waals surface area contributed by atoms with Crippen LogP contribution in [-0.2, 0) is 11.3 Å². The molecule has 1 aromatic heterocycles. The Morgan fingerprint density at radius 2 is 2.08 bits per heavy atom. The van der Waals surface area contributed by atoms with Gasteiger partial charge in [0.05, 0.1) is 19.3 Å². The van der Waals surface area contributed by atoms with Crippen molar-refractivity contribution in [2.24, 2.45) is 0 Å². The van der Waals surface area contributed by atoms with Crippen LogP contribution >= 0.6 is 0 Å². The predicted octanol–water partition coefficient (Wildman–Crippen LogP) is 3.19. The third kappa shape index (κ3) is 3.69. The Morgan fingerprint density at radius 3 is 2.92 bits per heavy atom. The molecule has 26 heavy (non-hydrogen) atoms. The third-order valence-electron chi connectivity index (χ3n) is 5.07. The first kappa shape index (κ1) is 16.9. The van der Waals surface area contributed by atoms with Gasteiger partial charge in [-0.2, -0.15) is 5.10 Å². The Kier molecular flexibility index (Phi) is 5.09. The molecule has 1 unspecified atom stereocenters. The summed E-state index contributed by atoms with van der Waals surface area (Å²) in [7, 11) is 0. The van der Waals surface area contributed by atoms with Gasteiger partial charge in [-0.15, -0.1) is 0 Å². The van der Waals surface area contributed by atoms with Crippen molar-refractivity contribution in [3.63, 3.8) is 0 Å². The third-order valence-corrected chi connectivity index (χ3v) is 5.07. The number of aromatic nitrogens is 2. The standard InChI is InChI=1S/C20H25N3O3/c24-20(6-2-10-22-11-3-9-21-22)23-12-1-5-17(23)16-7-8-18-19(15-16)26-14-4-13-25-18/h3,7-9,11,15,17H,1-2,4-6,10,12-14H2. The molecular weight excluding hydrogens is 330 g/mol. The molecule has 0 saturated carbocycles. The van der Waals surface area contributed by atoms with Crippen LogP contribution in [-0.4, -0.2) is 40.3 Å². The topological polar surface area (TPSA) is 56.6 Å². The van der Waals surface area contributed by atoms with E-state index in [-0.39, 0.29) is 11.9 Å². The molecule has 1 saturated heterocycles. The van der Waals surface area contributed by atoms with Crippen LogP contribution in [0.3, 0.4) is 0 Å². The van der Waals surface area contributed by atoms with Gasteiger partial charge in [0.25, 0.3) is 0 Å². The number of hydrogen-bond donors (Lipinski definition) is 0. The highest BCUT2D eigenvalue weighted by Gasteiger charge is 2.30. The molecule has 2 aliphatic rings. The number of benzene rings is 1. The Balaban J connectivity index is 1.41. The molecule has 6 nitrogen and oxygen atoms in total. The molecular formula is C20H25N3O3. The summed E-state index contributed by atoms with van der Waals surface area (Å²) in [5.41, 5.74) is 1.15. The Labute approximate surface area is 153 Å². The summed E-state index contributed by atoms with van der Waals surface area (Å²) < 4.78 is 13.4. The fourth-order valence-corrected chi connectivity index (χ4v) is 3.77. The molecule has 3 heterocycles. The van der Waals surface area contributed by atoms with Crippen LogP contribution in [0.4, 0.5) is 0 Å². The number of fused-ring (bicyclic) bond motifs is 1. The first-order valence-electron chi connectivity index (χ1n) is 9.48. The lowest BCUT2D eigenvalue weighted by molar-refractivity contribution is -0.132. The van der Waals surface area contributed by atoms with E-state index in [0.29, 0.717) is 19.6 Å². The number of carbonyl (C=O) groups is 1. The van der Waals surface area contributed by atoms with Crippen molar-refractivity contribution in [1.82, 2.24) is 14.7 Å². The Bertz CT molecular complexity index is 745. The molecule has 4 rings (SSSR count). The van der Waals surface area contributed by atoms with Crippen LogP contribution in [0.1, 0.15) is 43.7 Å². The van der Waals surface area contributed by atoms with Crippen LogP contribution in [0.15, 0.2) is 36.7 Å². The van der Waals surface area contributed by atoms with Crippen molar-refractivity contribution in [3.8, 4) is 11.5 Å². The SMILES string of the molecule is O=C(CCCn1cccn1)N1CCCC1c1ccc2c(c1)OCCCO2. The number of ether oxygens (including phenoxy) is 2. The summed E-state index contributed by atoms with van der Waals surface area (Å²) >= 11 is 0. The van der Waals surface area contributed by atoms with Gasteiger partial charge < -0.3 is 14.4 Å². The average Bonchev–Trinajstić information content (AvgIpc) is 3.29. The molecule has 2 aliphatic heterocycles. The van der Waals surface area contributed by atoms with E-state index in [1.807, 2.05) is 27.9 Å². The number of carbonyl (C=O) groups excluding carboxylic acids is 1. The summed E-state index contributed by atoms with van der Waals surface area (Å²) in [6.07, 6.45) is 8.01. The summed E-state index contributed by atoms with van der Waals surface area (Å²) in [5, 5.41) is 4.19. The van der Waals surface area contributed by atoms with Crippen LogP contribution in [0, 0.1) is 0 Å². The first-order valence-corrected chi connectivity index (χ1v) is 9.48. The fourth-order valence-electron chi connectivity index (χ4n) is 3.77. The van der Waals surface area contributed by atoms with E-state index in [9.17, 15) is 4.79 Å². The number of nitrogens with zero attached hydrogens (tertiary/aromatic N) is 3. The van der Waals surface area contributed by atoms with Gasteiger partial charge in [0.1, 0.15) is 0 Å². The fraction of sp³-hybridized carbons (Fsp3) is 0.500. The smallest absolute Gasteiger partial charge is 0.223 e. The van der Waals surface area contributed by atoms with E-state index in [4.69, 9.17) is 9.47 Å². The molecule has 6 heteroatoms. The molecule has 0 N–H and O–H groups in total. The van der Waals surface area contributed by atoms with Gasteiger partial charge in [0, 0.05) is 38.3 Å². The van der Waals surface area contributed by atoms with Gasteiger partial charge in [-0.1, -0.05) is 6.07 Å². The molecule has 1 fully saturated rings. The minimum atomic E-state index is 0.143. The Morgan fingerprint density at radius 1 is 1.19 bits per heavy atom. The Hall–Kier alpha value is -2.50. The number of rotatable bonds is 5. The summed E-state index contributed by atoms with van der Waals surface area (Å²) in [4.78, 5) is 14.8. The van der Waals surface area contributed by atoms with Crippen LogP contribution < -0.4 is 9.47 Å². The van der Waals surface area contributed by atoms with Crippen LogP contribution in [0.25, 0.3) is 0 Å². The van der Waals surface area contributed by atoms with E-state index < -0.39 is 0 Å². The lowest BCUT2D eigenvalue weighted by Gasteiger charge is -2.26. The highest BCUT2D eigenvalue weighted by atomic mass is 16.5. The highest BCUT2D eigenvalue weighted by molar-refractivity contribution is 5.77. The molecule has 138 valence electrons. The maximum atomic E-state index is 12.7. The average molecular weight is 355 g/mol. The van der Waals surface area contributed by atoms with E-state index in [2.05, 4.69) is 17.2 Å². The summed E-state index contributed by atoms with van der Waals surface area (Å²) in [6.45, 7) is 2.98. The van der Waals surface area contributed by atoms with Gasteiger partial charge in [-0.25, -0.2) is 0 Å². The van der Waals surface area contributed by atoms with Gasteiger partial charge in [-0.05, 0) is 43.0 Å². The van der Waals surface area contributed by atoms with Gasteiger partial charge >= 0.3 is 0 Å². The van der Waals surface area contributed by atoms with Gasteiger partial charge in [0.15, 0.2) is 11.5 Å². The van der Waals surface area contributed by atoms with Gasteiger partial charge in [-0.3, -0.25) is 9.48 Å². The second-order valence-corrected chi connectivity index (χ2v) is 6.87. The highest BCUT2D eigenvalue weighted by Crippen LogP contribution is 2.38. The summed E-state index contributed by atoms with van der Waals surface area (Å²) in [5.74, 6) is 1.84. The number of aryl methyl sites for hydroxylation is 1. The molecule has 1 atom stereocenters. The summed E-state index contributed by atoms with van der Waals surface area (Å²) in [6, 6.07) is 8.16. The van der Waals surface area contributed by atoms with Crippen molar-refractivity contribution in [2.75, 3.05) is 19.8 Å². The monoisotopic (exact) mass is 355 g/mol. The van der Waals surface area contributed by atoms with Crippen molar-refractivity contribution >= 4 is 5.91 Å². The van der Waals surface area contributed by atoms with Crippen molar-refractivity contribution < 1.29 is 14.3 Å². The largest absolute Gasteiger partial charge is 0.490 e. The predicted molar refractivity (Wildman–Crippen MR) is 97.2 cm³/mol. The lowest BCUT2D eigenvalue weighted by atomic mass is 10.0. The van der Waals surface area contributed by atoms with E-state index in [1.165, 1.54) is 0 Å². The first-order chi connectivity index (χ1) is 12.8. The van der Waals surface area contributed by atoms with E-state index in [0.717, 1.165) is 55.8 Å². The molecule has 0 spiro atoms. The molecule has 1 aromatic carbocycles. The second kappa shape index (κ2) is 7.81. The number of amides is 1. The maximum Gasteiger partial charge on any atom is 0.223 e.